The number of hydrogen-bond acceptors (Lipinski definition) is 3. The Kier molecular flexibility index (Phi) is 9.87. The number of nitrogens with zero attached hydrogens (tertiary/aromatic N) is 1. The fraction of sp³-hybridized carbons (Fsp3) is 0.259. The molecule has 0 radical (unpaired) electrons. The molecular formula is C27H28Cl2N2O2S. The zero-order chi connectivity index (χ0) is 24.5. The van der Waals surface area contributed by atoms with Crippen molar-refractivity contribution in [1.82, 2.24) is 10.2 Å². The Morgan fingerprint density at radius 3 is 2.32 bits per heavy atom. The highest BCUT2D eigenvalue weighted by Gasteiger charge is 2.29. The van der Waals surface area contributed by atoms with E-state index in [4.69, 9.17) is 23.2 Å². The summed E-state index contributed by atoms with van der Waals surface area (Å²) in [6.07, 6.45) is 0.436. The van der Waals surface area contributed by atoms with Crippen molar-refractivity contribution < 1.29 is 9.59 Å². The van der Waals surface area contributed by atoms with Gasteiger partial charge in [0.2, 0.25) is 11.8 Å². The number of halogens is 2. The SMILES string of the molecule is CNC(=O)C(Cc1ccccc1)N(Cc1ccc(C)cc1)C(=O)CSCc1ccc(Cl)cc1Cl. The molecule has 0 aliphatic rings. The van der Waals surface area contributed by atoms with Gasteiger partial charge in [0.25, 0.3) is 0 Å². The van der Waals surface area contributed by atoms with E-state index in [9.17, 15) is 9.59 Å². The molecule has 3 aromatic carbocycles. The van der Waals surface area contributed by atoms with E-state index >= 15 is 0 Å². The van der Waals surface area contributed by atoms with Gasteiger partial charge in [-0.3, -0.25) is 9.59 Å². The largest absolute Gasteiger partial charge is 0.357 e. The molecule has 0 aromatic heterocycles. The predicted molar refractivity (Wildman–Crippen MR) is 142 cm³/mol. The number of nitrogens with one attached hydrogen (secondary N) is 1. The van der Waals surface area contributed by atoms with Crippen LogP contribution in [0, 0.1) is 6.92 Å². The molecule has 2 amide bonds. The summed E-state index contributed by atoms with van der Waals surface area (Å²) in [5.41, 5.74) is 4.04. The van der Waals surface area contributed by atoms with Crippen LogP contribution in [0.3, 0.4) is 0 Å². The molecule has 4 nitrogen and oxygen atoms in total. The van der Waals surface area contributed by atoms with Crippen LogP contribution < -0.4 is 5.32 Å². The van der Waals surface area contributed by atoms with E-state index in [1.54, 1.807) is 24.1 Å². The van der Waals surface area contributed by atoms with E-state index < -0.39 is 6.04 Å². The average Bonchev–Trinajstić information content (AvgIpc) is 2.84. The Bertz CT molecular complexity index is 1110. The number of likely N-dealkylation sites (N-methyl/N-ethyl adjacent to an activating group) is 1. The Morgan fingerprint density at radius 1 is 0.971 bits per heavy atom. The number of amides is 2. The van der Waals surface area contributed by atoms with Crippen LogP contribution in [0.4, 0.5) is 0 Å². The van der Waals surface area contributed by atoms with Crippen molar-refractivity contribution in [3.63, 3.8) is 0 Å². The summed E-state index contributed by atoms with van der Waals surface area (Å²) in [6, 6.07) is 22.5. The molecule has 1 N–H and O–H groups in total. The number of aryl methyl sites for hydroxylation is 1. The zero-order valence-electron chi connectivity index (χ0n) is 19.3. The first-order valence-electron chi connectivity index (χ1n) is 11.0. The number of rotatable bonds is 10. The molecule has 7 heteroatoms. The van der Waals surface area contributed by atoms with E-state index in [1.807, 2.05) is 67.6 Å². The number of hydrogen-bond donors (Lipinski definition) is 1. The molecule has 1 atom stereocenters. The monoisotopic (exact) mass is 514 g/mol. The van der Waals surface area contributed by atoms with Crippen LogP contribution in [-0.4, -0.2) is 35.6 Å². The van der Waals surface area contributed by atoms with Gasteiger partial charge in [-0.25, -0.2) is 0 Å². The normalized spacial score (nSPS) is 11.6. The minimum atomic E-state index is -0.624. The van der Waals surface area contributed by atoms with Gasteiger partial charge in [-0.1, -0.05) is 89.4 Å². The number of carbonyl (C=O) groups is 2. The fourth-order valence-electron chi connectivity index (χ4n) is 3.58. The standard InChI is InChI=1S/C27H28Cl2N2O2S/c1-19-8-10-21(11-9-19)16-31(25(27(33)30-2)14-20-6-4-3-5-7-20)26(32)18-34-17-22-12-13-23(28)15-24(22)29/h3-13,15,25H,14,16-18H2,1-2H3,(H,30,33). The molecule has 178 valence electrons. The maximum Gasteiger partial charge on any atom is 0.242 e. The van der Waals surface area contributed by atoms with Gasteiger partial charge in [0.1, 0.15) is 6.04 Å². The first-order valence-corrected chi connectivity index (χ1v) is 12.9. The van der Waals surface area contributed by atoms with Crippen molar-refractivity contribution in [3.8, 4) is 0 Å². The summed E-state index contributed by atoms with van der Waals surface area (Å²) >= 11 is 13.7. The summed E-state index contributed by atoms with van der Waals surface area (Å²) in [7, 11) is 1.60. The topological polar surface area (TPSA) is 49.4 Å². The molecule has 0 heterocycles. The lowest BCUT2D eigenvalue weighted by Gasteiger charge is -2.31. The van der Waals surface area contributed by atoms with Gasteiger partial charge in [-0.15, -0.1) is 11.8 Å². The van der Waals surface area contributed by atoms with Crippen molar-refractivity contribution in [3.05, 3.63) is 105 Å². The lowest BCUT2D eigenvalue weighted by Crippen LogP contribution is -2.50. The average molecular weight is 516 g/mol. The summed E-state index contributed by atoms with van der Waals surface area (Å²) in [6.45, 7) is 2.38. The van der Waals surface area contributed by atoms with Gasteiger partial charge in [-0.2, -0.15) is 0 Å². The third-order valence-electron chi connectivity index (χ3n) is 5.49. The third kappa shape index (κ3) is 7.52. The second-order valence-electron chi connectivity index (χ2n) is 8.06. The first-order chi connectivity index (χ1) is 16.4. The van der Waals surface area contributed by atoms with Crippen LogP contribution in [0.15, 0.2) is 72.8 Å². The van der Waals surface area contributed by atoms with Crippen molar-refractivity contribution >= 4 is 46.8 Å². The highest BCUT2D eigenvalue weighted by Crippen LogP contribution is 2.25. The van der Waals surface area contributed by atoms with Crippen molar-refractivity contribution in [2.24, 2.45) is 0 Å². The molecule has 0 fully saturated rings. The van der Waals surface area contributed by atoms with E-state index in [-0.39, 0.29) is 17.6 Å². The van der Waals surface area contributed by atoms with Crippen LogP contribution in [-0.2, 0) is 28.3 Å². The van der Waals surface area contributed by atoms with E-state index in [2.05, 4.69) is 5.32 Å². The van der Waals surface area contributed by atoms with Crippen molar-refractivity contribution in [1.29, 1.82) is 0 Å². The van der Waals surface area contributed by atoms with E-state index in [1.165, 1.54) is 11.8 Å². The molecule has 0 aliphatic carbocycles. The Morgan fingerprint density at radius 2 is 1.68 bits per heavy atom. The lowest BCUT2D eigenvalue weighted by molar-refractivity contribution is -0.139. The van der Waals surface area contributed by atoms with E-state index in [0.29, 0.717) is 28.8 Å². The van der Waals surface area contributed by atoms with Gasteiger partial charge in [0.05, 0.1) is 5.75 Å². The summed E-state index contributed by atoms with van der Waals surface area (Å²) in [4.78, 5) is 28.1. The van der Waals surface area contributed by atoms with Crippen molar-refractivity contribution in [2.75, 3.05) is 12.8 Å². The molecule has 0 aliphatic heterocycles. The molecule has 3 aromatic rings. The van der Waals surface area contributed by atoms with Crippen LogP contribution in [0.2, 0.25) is 10.0 Å². The highest BCUT2D eigenvalue weighted by atomic mass is 35.5. The van der Waals surface area contributed by atoms with Crippen LogP contribution in [0.1, 0.15) is 22.3 Å². The lowest BCUT2D eigenvalue weighted by atomic mass is 10.0. The van der Waals surface area contributed by atoms with Gasteiger partial charge >= 0.3 is 0 Å². The van der Waals surface area contributed by atoms with Gasteiger partial charge in [-0.05, 0) is 35.7 Å². The van der Waals surface area contributed by atoms with Gasteiger partial charge in [0, 0.05) is 35.8 Å². The second-order valence-corrected chi connectivity index (χ2v) is 9.88. The number of carbonyl (C=O) groups excluding carboxylic acids is 2. The maximum atomic E-state index is 13.5. The minimum absolute atomic E-state index is 0.0970. The maximum absolute atomic E-state index is 13.5. The second kappa shape index (κ2) is 12.8. The van der Waals surface area contributed by atoms with Crippen LogP contribution >= 0.6 is 35.0 Å². The molecule has 0 bridgehead atoms. The summed E-state index contributed by atoms with van der Waals surface area (Å²) in [5, 5.41) is 3.90. The summed E-state index contributed by atoms with van der Waals surface area (Å²) < 4.78 is 0. The zero-order valence-corrected chi connectivity index (χ0v) is 21.6. The molecule has 3 rings (SSSR count). The first kappa shape index (κ1) is 26.1. The minimum Gasteiger partial charge on any atom is -0.357 e. The van der Waals surface area contributed by atoms with Crippen LogP contribution in [0.5, 0.6) is 0 Å². The van der Waals surface area contributed by atoms with Gasteiger partial charge < -0.3 is 10.2 Å². The number of thioether (sulfide) groups is 1. The van der Waals surface area contributed by atoms with Crippen LogP contribution in [0.25, 0.3) is 0 Å². The molecule has 0 saturated carbocycles. The molecule has 0 saturated heterocycles. The smallest absolute Gasteiger partial charge is 0.242 e. The van der Waals surface area contributed by atoms with Gasteiger partial charge in [0.15, 0.2) is 0 Å². The Hall–Kier alpha value is -2.47. The molecule has 34 heavy (non-hydrogen) atoms. The van der Waals surface area contributed by atoms with E-state index in [0.717, 1.165) is 22.3 Å². The molecular weight excluding hydrogens is 487 g/mol. The molecule has 1 unspecified atom stereocenters. The summed E-state index contributed by atoms with van der Waals surface area (Å²) in [5.74, 6) is 0.520. The fourth-order valence-corrected chi connectivity index (χ4v) is 5.05. The highest BCUT2D eigenvalue weighted by molar-refractivity contribution is 7.99. The third-order valence-corrected chi connectivity index (χ3v) is 7.04. The predicted octanol–water partition coefficient (Wildman–Crippen LogP) is 5.92. The Labute approximate surface area is 215 Å². The molecule has 0 spiro atoms. The number of benzene rings is 3. The Balaban J connectivity index is 1.80. The quantitative estimate of drug-likeness (QED) is 0.365. The van der Waals surface area contributed by atoms with Crippen molar-refractivity contribution in [2.45, 2.75) is 31.7 Å².